The van der Waals surface area contributed by atoms with Crippen molar-refractivity contribution in [2.75, 3.05) is 27.3 Å². The zero-order chi connectivity index (χ0) is 20.8. The molecular formula is C26H32BrNO3. The van der Waals surface area contributed by atoms with Gasteiger partial charge in [-0.25, -0.2) is 0 Å². The van der Waals surface area contributed by atoms with Crippen LogP contribution in [0.5, 0.6) is 5.75 Å². The summed E-state index contributed by atoms with van der Waals surface area (Å²) in [5.41, 5.74) is 3.31. The summed E-state index contributed by atoms with van der Waals surface area (Å²) in [6.07, 6.45) is 4.90. The van der Waals surface area contributed by atoms with Crippen LogP contribution in [0.15, 0.2) is 48.5 Å². The van der Waals surface area contributed by atoms with E-state index in [4.69, 9.17) is 9.47 Å². The number of nitrogens with zero attached hydrogens (tertiary/aromatic N) is 1. The van der Waals surface area contributed by atoms with Gasteiger partial charge in [0.2, 0.25) is 0 Å². The fourth-order valence-electron chi connectivity index (χ4n) is 6.72. The second-order valence-electron chi connectivity index (χ2n) is 9.13. The van der Waals surface area contributed by atoms with Crippen molar-refractivity contribution < 1.29 is 14.3 Å². The predicted molar refractivity (Wildman–Crippen MR) is 127 cm³/mol. The van der Waals surface area contributed by atoms with E-state index in [2.05, 4.69) is 53.4 Å². The number of carbonyl (C=O) groups is 1. The fraction of sp³-hybridized carbons (Fsp3) is 0.500. The van der Waals surface area contributed by atoms with Gasteiger partial charge in [0.25, 0.3) is 0 Å². The molecule has 2 aromatic carbocycles. The quantitative estimate of drug-likeness (QED) is 0.623. The van der Waals surface area contributed by atoms with E-state index < -0.39 is 0 Å². The number of ether oxygens (including phenoxy) is 2. The van der Waals surface area contributed by atoms with Gasteiger partial charge < -0.3 is 9.47 Å². The van der Waals surface area contributed by atoms with E-state index in [0.29, 0.717) is 18.6 Å². The normalized spacial score (nSPS) is 29.5. The Morgan fingerprint density at radius 3 is 2.61 bits per heavy atom. The second kappa shape index (κ2) is 8.68. The average molecular weight is 486 g/mol. The van der Waals surface area contributed by atoms with Crippen LogP contribution in [0.3, 0.4) is 0 Å². The maximum absolute atomic E-state index is 12.8. The lowest BCUT2D eigenvalue weighted by Crippen LogP contribution is -2.74. The topological polar surface area (TPSA) is 38.8 Å². The Labute approximate surface area is 195 Å². The zero-order valence-electron chi connectivity index (χ0n) is 18.4. The Hall–Kier alpha value is -1.69. The molecule has 3 aliphatic rings. The highest BCUT2D eigenvalue weighted by Crippen LogP contribution is 2.60. The lowest BCUT2D eigenvalue weighted by Gasteiger charge is -2.65. The summed E-state index contributed by atoms with van der Waals surface area (Å²) in [6.45, 7) is 2.01. The van der Waals surface area contributed by atoms with Crippen LogP contribution in [-0.4, -0.2) is 49.6 Å². The van der Waals surface area contributed by atoms with Crippen molar-refractivity contribution in [2.45, 2.75) is 55.6 Å². The summed E-state index contributed by atoms with van der Waals surface area (Å²) in [7, 11) is 3.60. The molecule has 31 heavy (non-hydrogen) atoms. The van der Waals surface area contributed by atoms with Gasteiger partial charge in [-0.3, -0.25) is 9.69 Å². The molecule has 0 aromatic heterocycles. The molecule has 1 aliphatic heterocycles. The number of halogens is 1. The third-order valence-electron chi connectivity index (χ3n) is 8.01. The van der Waals surface area contributed by atoms with Crippen molar-refractivity contribution in [2.24, 2.45) is 0 Å². The van der Waals surface area contributed by atoms with Gasteiger partial charge >= 0.3 is 0 Å². The van der Waals surface area contributed by atoms with Gasteiger partial charge in [0, 0.05) is 43.5 Å². The van der Waals surface area contributed by atoms with E-state index >= 15 is 0 Å². The molecule has 3 atom stereocenters. The van der Waals surface area contributed by atoms with Crippen LogP contribution in [0, 0.1) is 0 Å². The van der Waals surface area contributed by atoms with Crippen LogP contribution >= 0.6 is 17.0 Å². The van der Waals surface area contributed by atoms with Gasteiger partial charge in [-0.05, 0) is 49.4 Å². The fourth-order valence-corrected chi connectivity index (χ4v) is 6.72. The number of likely N-dealkylation sites (tertiary alicyclic amines) is 1. The van der Waals surface area contributed by atoms with E-state index in [0.717, 1.165) is 44.5 Å². The van der Waals surface area contributed by atoms with Crippen LogP contribution in [-0.2, 0) is 27.8 Å². The third kappa shape index (κ3) is 3.37. The minimum Gasteiger partial charge on any atom is -0.496 e. The molecule has 1 unspecified atom stereocenters. The molecule has 4 nitrogen and oxygen atoms in total. The van der Waals surface area contributed by atoms with Gasteiger partial charge in [0.1, 0.15) is 11.5 Å². The van der Waals surface area contributed by atoms with Crippen molar-refractivity contribution in [3.63, 3.8) is 0 Å². The number of hydrogen-bond donors (Lipinski definition) is 0. The summed E-state index contributed by atoms with van der Waals surface area (Å²) >= 11 is 0. The van der Waals surface area contributed by atoms with E-state index in [1.54, 1.807) is 7.11 Å². The summed E-state index contributed by atoms with van der Waals surface area (Å²) in [6, 6.07) is 17.4. The first kappa shape index (κ1) is 22.5. The Kier molecular flexibility index (Phi) is 6.30. The van der Waals surface area contributed by atoms with E-state index in [-0.39, 0.29) is 34.0 Å². The molecule has 2 aromatic rings. The Balaban J connectivity index is 0.00000231. The van der Waals surface area contributed by atoms with Crippen LogP contribution in [0.25, 0.3) is 0 Å². The van der Waals surface area contributed by atoms with Gasteiger partial charge in [-0.1, -0.05) is 42.5 Å². The molecule has 2 aliphatic carbocycles. The zero-order valence-corrected chi connectivity index (χ0v) is 20.1. The number of methoxy groups -OCH3 is 2. The molecule has 5 rings (SSSR count). The summed E-state index contributed by atoms with van der Waals surface area (Å²) in [5.74, 6) is 1.28. The Bertz CT molecular complexity index is 949. The summed E-state index contributed by atoms with van der Waals surface area (Å²) in [5, 5.41) is 0. The lowest BCUT2D eigenvalue weighted by molar-refractivity contribution is -0.187. The van der Waals surface area contributed by atoms with Gasteiger partial charge in [-0.15, -0.1) is 17.0 Å². The number of Topliss-reactive ketones (excluding diaryl/α,β-unsaturated/α-hetero) is 1. The van der Waals surface area contributed by atoms with E-state index in [1.807, 2.05) is 7.11 Å². The van der Waals surface area contributed by atoms with Crippen LogP contribution in [0.1, 0.15) is 42.4 Å². The minimum absolute atomic E-state index is 0. The molecule has 2 fully saturated rings. The highest BCUT2D eigenvalue weighted by atomic mass is 79.9. The molecule has 0 amide bonds. The smallest absolute Gasteiger partial charge is 0.134 e. The second-order valence-corrected chi connectivity index (χ2v) is 9.13. The standard InChI is InChI=1S/C26H31NO3.BrH/c1-29-22-10-6-9-20-17-23-26(30-2)13-11-21(28)18-25(26,24(20)22)14-16-27(23)15-12-19-7-4-3-5-8-19;/h3-10,23H,11-18H2,1-2H3;1H/t23?,25-,26-;/m1./s1. The van der Waals surface area contributed by atoms with Crippen molar-refractivity contribution in [1.29, 1.82) is 0 Å². The minimum atomic E-state index is -0.336. The third-order valence-corrected chi connectivity index (χ3v) is 8.01. The Morgan fingerprint density at radius 2 is 1.87 bits per heavy atom. The maximum Gasteiger partial charge on any atom is 0.134 e. The number of benzene rings is 2. The largest absolute Gasteiger partial charge is 0.496 e. The molecule has 5 heteroatoms. The summed E-state index contributed by atoms with van der Waals surface area (Å²) in [4.78, 5) is 15.4. The van der Waals surface area contributed by atoms with Crippen LogP contribution in [0.2, 0.25) is 0 Å². The lowest BCUT2D eigenvalue weighted by atomic mass is 9.49. The van der Waals surface area contributed by atoms with Gasteiger partial charge in [0.15, 0.2) is 0 Å². The van der Waals surface area contributed by atoms with Crippen LogP contribution < -0.4 is 4.74 Å². The molecule has 1 saturated heterocycles. The van der Waals surface area contributed by atoms with Gasteiger partial charge in [-0.2, -0.15) is 0 Å². The molecule has 1 saturated carbocycles. The van der Waals surface area contributed by atoms with Crippen molar-refractivity contribution in [3.8, 4) is 5.75 Å². The van der Waals surface area contributed by atoms with Gasteiger partial charge in [0.05, 0.1) is 12.7 Å². The number of hydrogen-bond acceptors (Lipinski definition) is 4. The van der Waals surface area contributed by atoms with E-state index in [9.17, 15) is 4.79 Å². The number of fused-ring (bicyclic) bond motifs is 1. The average Bonchev–Trinajstić information content (AvgIpc) is 2.78. The first-order valence-corrected chi connectivity index (χ1v) is 11.1. The monoisotopic (exact) mass is 485 g/mol. The predicted octanol–water partition coefficient (Wildman–Crippen LogP) is 4.52. The van der Waals surface area contributed by atoms with Crippen molar-refractivity contribution in [1.82, 2.24) is 4.90 Å². The number of piperidine rings is 1. The van der Waals surface area contributed by atoms with Crippen molar-refractivity contribution in [3.05, 3.63) is 65.2 Å². The van der Waals surface area contributed by atoms with E-state index in [1.165, 1.54) is 16.7 Å². The SMILES string of the molecule is Br.COc1cccc2c1[C@]13CCN(CCc4ccccc4)C(C2)[C@]1(OC)CCC(=O)C3. The molecule has 166 valence electrons. The van der Waals surface area contributed by atoms with Crippen LogP contribution in [0.4, 0.5) is 0 Å². The number of carbonyl (C=O) groups excluding carboxylic acids is 1. The van der Waals surface area contributed by atoms with Crippen molar-refractivity contribution >= 4 is 22.8 Å². The Morgan fingerprint density at radius 1 is 1.06 bits per heavy atom. The highest BCUT2D eigenvalue weighted by molar-refractivity contribution is 8.93. The maximum atomic E-state index is 12.8. The molecule has 2 bridgehead atoms. The molecular weight excluding hydrogens is 454 g/mol. The molecule has 1 heterocycles. The number of ketones is 1. The molecule has 0 N–H and O–H groups in total. The molecule has 0 radical (unpaired) electrons. The first-order chi connectivity index (χ1) is 14.6. The molecule has 0 spiro atoms. The number of rotatable bonds is 5. The summed E-state index contributed by atoms with van der Waals surface area (Å²) < 4.78 is 12.3. The first-order valence-electron chi connectivity index (χ1n) is 11.1. The highest BCUT2D eigenvalue weighted by Gasteiger charge is 2.66.